The second kappa shape index (κ2) is 11.0. The maximum atomic E-state index is 13.0. The molecule has 3 aromatic rings. The van der Waals surface area contributed by atoms with E-state index >= 15 is 0 Å². The van der Waals surface area contributed by atoms with Gasteiger partial charge >= 0.3 is 0 Å². The van der Waals surface area contributed by atoms with E-state index in [0.29, 0.717) is 28.2 Å². The Morgan fingerprint density at radius 2 is 1.51 bits per heavy atom. The summed E-state index contributed by atoms with van der Waals surface area (Å²) in [7, 11) is 3.16. The minimum atomic E-state index is -2.96. The highest BCUT2D eigenvalue weighted by Crippen LogP contribution is 2.30. The van der Waals surface area contributed by atoms with Crippen molar-refractivity contribution < 1.29 is 13.7 Å². The topological polar surface area (TPSA) is 43.4 Å². The van der Waals surface area contributed by atoms with Gasteiger partial charge in [0.25, 0.3) is 0 Å². The number of benzene rings is 3. The fraction of sp³-hybridized carbons (Fsp3) is 0.333. The van der Waals surface area contributed by atoms with E-state index < -0.39 is 8.74 Å². The molecule has 3 aromatic carbocycles. The van der Waals surface area contributed by atoms with E-state index in [2.05, 4.69) is 38.8 Å². The first-order valence-electron chi connectivity index (χ1n) is 12.0. The van der Waals surface area contributed by atoms with Crippen molar-refractivity contribution in [1.82, 2.24) is 0 Å². The van der Waals surface area contributed by atoms with Gasteiger partial charge in [-0.25, -0.2) is 4.21 Å². The third kappa shape index (κ3) is 6.77. The van der Waals surface area contributed by atoms with Gasteiger partial charge in [-0.15, -0.1) is 0 Å². The van der Waals surface area contributed by atoms with Crippen molar-refractivity contribution in [2.75, 3.05) is 0 Å². The Bertz CT molecular complexity index is 1270. The molecule has 0 saturated heterocycles. The fourth-order valence-electron chi connectivity index (χ4n) is 3.75. The molecule has 0 bridgehead atoms. The first kappa shape index (κ1) is 27.0. The number of ether oxygens (including phenoxy) is 1. The highest BCUT2D eigenvalue weighted by molar-refractivity contribution is 8.21. The van der Waals surface area contributed by atoms with E-state index in [9.17, 15) is 9.00 Å². The molecule has 5 heteroatoms. The summed E-state index contributed by atoms with van der Waals surface area (Å²) in [6.45, 7) is 10.6. The molecule has 0 radical (unpaired) electrons. The maximum Gasteiger partial charge on any atom is 0.193 e. The molecule has 35 heavy (non-hydrogen) atoms. The Balaban J connectivity index is 1.77. The van der Waals surface area contributed by atoms with E-state index in [0.717, 1.165) is 24.0 Å². The molecule has 2 atom stereocenters. The molecular formula is C30H35ClO3S. The highest BCUT2D eigenvalue weighted by Gasteiger charge is 2.19. The van der Waals surface area contributed by atoms with Gasteiger partial charge in [0.1, 0.15) is 5.75 Å². The fourth-order valence-corrected chi connectivity index (χ4v) is 4.86. The van der Waals surface area contributed by atoms with Crippen molar-refractivity contribution in [1.29, 1.82) is 0 Å². The number of ketones is 1. The van der Waals surface area contributed by atoms with Crippen molar-refractivity contribution in [3.63, 3.8) is 0 Å². The largest absolute Gasteiger partial charge is 0.489 e. The van der Waals surface area contributed by atoms with Crippen molar-refractivity contribution in [2.45, 2.75) is 70.3 Å². The van der Waals surface area contributed by atoms with Gasteiger partial charge in [-0.2, -0.15) is 0 Å². The zero-order valence-electron chi connectivity index (χ0n) is 21.3. The molecule has 0 heterocycles. The lowest BCUT2D eigenvalue weighted by molar-refractivity contribution is 0.103. The lowest BCUT2D eigenvalue weighted by atomic mass is 9.82. The second-order valence-corrected chi connectivity index (χ2v) is 12.9. The zero-order valence-corrected chi connectivity index (χ0v) is 22.8. The van der Waals surface area contributed by atoms with Gasteiger partial charge in [0.2, 0.25) is 0 Å². The maximum absolute atomic E-state index is 13.0. The van der Waals surface area contributed by atoms with Crippen LogP contribution in [0.15, 0.2) is 71.6 Å². The molecular weight excluding hydrogens is 476 g/mol. The van der Waals surface area contributed by atoms with Crippen LogP contribution in [0.5, 0.6) is 5.75 Å². The van der Waals surface area contributed by atoms with Gasteiger partial charge in [0.15, 0.2) is 5.78 Å². The van der Waals surface area contributed by atoms with Crippen molar-refractivity contribution in [3.8, 4) is 5.75 Å². The normalized spacial score (nSPS) is 14.2. The summed E-state index contributed by atoms with van der Waals surface area (Å²) in [4.78, 5) is 13.4. The molecule has 0 N–H and O–H groups in total. The lowest BCUT2D eigenvalue weighted by Crippen LogP contribution is -2.15. The number of carbonyl (C=O) groups is 1. The van der Waals surface area contributed by atoms with Gasteiger partial charge in [0, 0.05) is 11.1 Å². The van der Waals surface area contributed by atoms with Crippen LogP contribution in [0.4, 0.5) is 0 Å². The summed E-state index contributed by atoms with van der Waals surface area (Å²) in [6, 6.07) is 21.1. The second-order valence-electron chi connectivity index (χ2n) is 9.73. The molecule has 2 unspecified atom stereocenters. The van der Waals surface area contributed by atoms with Gasteiger partial charge < -0.3 is 4.74 Å². The van der Waals surface area contributed by atoms with Crippen molar-refractivity contribution in [2.24, 2.45) is 0 Å². The molecule has 0 aromatic heterocycles. The Hall–Kier alpha value is -2.56. The predicted molar refractivity (Wildman–Crippen MR) is 149 cm³/mol. The molecule has 0 aliphatic carbocycles. The predicted octanol–water partition coefficient (Wildman–Crippen LogP) is 7.60. The van der Waals surface area contributed by atoms with Crippen LogP contribution in [0.2, 0.25) is 0 Å². The molecule has 0 spiro atoms. The third-order valence-corrected chi connectivity index (χ3v) is 8.15. The van der Waals surface area contributed by atoms with Gasteiger partial charge in [-0.05, 0) is 77.0 Å². The lowest BCUT2D eigenvalue weighted by Gasteiger charge is -2.23. The summed E-state index contributed by atoms with van der Waals surface area (Å²) < 4.78 is 18.5. The van der Waals surface area contributed by atoms with Crippen LogP contribution < -0.4 is 4.74 Å². The van der Waals surface area contributed by atoms with E-state index in [1.165, 1.54) is 5.56 Å². The van der Waals surface area contributed by atoms with Gasteiger partial charge in [-0.1, -0.05) is 82.3 Å². The zero-order chi connectivity index (χ0) is 25.8. The van der Waals surface area contributed by atoms with E-state index in [-0.39, 0.29) is 17.3 Å². The van der Waals surface area contributed by atoms with Crippen LogP contribution in [-0.2, 0) is 20.6 Å². The third-order valence-electron chi connectivity index (χ3n) is 6.68. The summed E-state index contributed by atoms with van der Waals surface area (Å²) in [6.07, 6.45) is 2.46. The first-order chi connectivity index (χ1) is 16.4. The van der Waals surface area contributed by atoms with Crippen LogP contribution in [0.3, 0.4) is 0 Å². The Labute approximate surface area is 215 Å². The molecule has 0 fully saturated rings. The molecule has 3 rings (SSSR count). The van der Waals surface area contributed by atoms with Crippen LogP contribution in [-0.4, -0.2) is 22.0 Å². The van der Waals surface area contributed by atoms with E-state index in [1.54, 1.807) is 6.07 Å². The van der Waals surface area contributed by atoms with Crippen molar-refractivity contribution in [3.05, 3.63) is 94.5 Å². The minimum absolute atomic E-state index is 0.00479. The molecule has 0 aliphatic heterocycles. The molecule has 0 aliphatic rings. The molecule has 186 valence electrons. The quantitative estimate of drug-likeness (QED) is 0.160. The number of hydrogen-bond acceptors (Lipinski definition) is 3. The number of halogens is 1. The first-order valence-corrected chi connectivity index (χ1v) is 14.6. The molecule has 0 amide bonds. The van der Waals surface area contributed by atoms with Crippen LogP contribution in [0.25, 0.3) is 0 Å². The standard InChI is InChI=1S/C30H35ClO3S/c1-7-21(3)34-27-18-11-23(20-28(27)35(6,31)33)19-22-9-12-24(13-10-22)29(32)25-14-16-26(17-15-25)30(4,5)8-2/h9-18,20-21H,6-8,19H2,1-5H3. The summed E-state index contributed by atoms with van der Waals surface area (Å²) >= 11 is 0. The van der Waals surface area contributed by atoms with E-state index in [4.69, 9.17) is 15.4 Å². The van der Waals surface area contributed by atoms with Gasteiger partial charge in [0.05, 0.1) is 19.7 Å². The van der Waals surface area contributed by atoms with Crippen LogP contribution in [0, 0.1) is 0 Å². The molecule has 3 nitrogen and oxygen atoms in total. The van der Waals surface area contributed by atoms with Gasteiger partial charge in [-0.3, -0.25) is 4.79 Å². The average Bonchev–Trinajstić information content (AvgIpc) is 2.84. The van der Waals surface area contributed by atoms with Crippen molar-refractivity contribution >= 4 is 31.1 Å². The monoisotopic (exact) mass is 510 g/mol. The van der Waals surface area contributed by atoms with Crippen LogP contribution in [0.1, 0.15) is 80.1 Å². The minimum Gasteiger partial charge on any atom is -0.489 e. The average molecular weight is 511 g/mol. The smallest absolute Gasteiger partial charge is 0.193 e. The van der Waals surface area contributed by atoms with E-state index in [1.807, 2.05) is 62.4 Å². The Kier molecular flexibility index (Phi) is 8.50. The summed E-state index contributed by atoms with van der Waals surface area (Å²) in [5, 5.41) is 0. The number of hydrogen-bond donors (Lipinski definition) is 0. The highest BCUT2D eigenvalue weighted by atomic mass is 35.7. The number of carbonyl (C=O) groups excluding carboxylic acids is 1. The SMILES string of the molecule is C=S(=O)(Cl)c1cc(Cc2ccc(C(=O)c3ccc(C(C)(C)CC)cc3)cc2)ccc1OC(C)CC. The number of rotatable bonds is 10. The Morgan fingerprint density at radius 3 is 2.03 bits per heavy atom. The van der Waals surface area contributed by atoms with Crippen LogP contribution >= 0.6 is 10.7 Å². The molecule has 0 saturated carbocycles. The Morgan fingerprint density at radius 1 is 0.971 bits per heavy atom. The summed E-state index contributed by atoms with van der Waals surface area (Å²) in [5.41, 5.74) is 4.63. The summed E-state index contributed by atoms with van der Waals surface area (Å²) in [5.74, 6) is 4.15.